The van der Waals surface area contributed by atoms with Crippen molar-refractivity contribution < 1.29 is 13.2 Å². The first kappa shape index (κ1) is 15.9. The van der Waals surface area contributed by atoms with E-state index in [1.807, 2.05) is 0 Å². The van der Waals surface area contributed by atoms with Crippen LogP contribution in [0.4, 0.5) is 5.82 Å². The van der Waals surface area contributed by atoms with Gasteiger partial charge in [0.2, 0.25) is 15.9 Å². The second kappa shape index (κ2) is 6.83. The van der Waals surface area contributed by atoms with Crippen molar-refractivity contribution in [2.45, 2.75) is 11.8 Å². The van der Waals surface area contributed by atoms with Gasteiger partial charge in [0.05, 0.1) is 6.54 Å². The molecule has 0 bridgehead atoms. The minimum atomic E-state index is -3.80. The fourth-order valence-electron chi connectivity index (χ4n) is 1.31. The Hall–Kier alpha value is -1.19. The first-order chi connectivity index (χ1) is 8.90. The first-order valence-corrected chi connectivity index (χ1v) is 7.78. The molecule has 0 aromatic carbocycles. The summed E-state index contributed by atoms with van der Waals surface area (Å²) in [6.07, 6.45) is 1.48. The summed E-state index contributed by atoms with van der Waals surface area (Å²) < 4.78 is 26.9. The Kier molecular flexibility index (Phi) is 5.70. The van der Waals surface area contributed by atoms with Crippen LogP contribution in [-0.2, 0) is 14.8 Å². The lowest BCUT2D eigenvalue weighted by Crippen LogP contribution is -2.37. The second-order valence-corrected chi connectivity index (χ2v) is 6.18. The zero-order valence-corrected chi connectivity index (χ0v) is 12.9. The van der Waals surface area contributed by atoms with Gasteiger partial charge in [-0.1, -0.05) is 0 Å². The van der Waals surface area contributed by atoms with Crippen LogP contribution in [0.1, 0.15) is 6.92 Å². The van der Waals surface area contributed by atoms with Gasteiger partial charge in [-0.25, -0.2) is 18.1 Å². The molecule has 7 nitrogen and oxygen atoms in total. The molecule has 0 spiro atoms. The Labute approximate surface area is 120 Å². The number of nitrogens with zero attached hydrogens (tertiary/aromatic N) is 1. The standard InChI is InChI=1S/C10H15BrN4O3S/c1-3-13-9(16)6-15-19(17,18)8-4-7(11)5-14-10(8)12-2/h4-5,15H,3,6H2,1-2H3,(H,12,14)(H,13,16). The summed E-state index contributed by atoms with van der Waals surface area (Å²) in [5.41, 5.74) is 0. The van der Waals surface area contributed by atoms with Crippen LogP contribution in [0.2, 0.25) is 0 Å². The van der Waals surface area contributed by atoms with E-state index in [2.05, 4.69) is 36.3 Å². The summed E-state index contributed by atoms with van der Waals surface area (Å²) in [5, 5.41) is 5.19. The minimum absolute atomic E-state index is 0.0197. The number of pyridine rings is 1. The van der Waals surface area contributed by atoms with E-state index in [0.29, 0.717) is 11.0 Å². The maximum Gasteiger partial charge on any atom is 0.244 e. The molecule has 1 rings (SSSR count). The van der Waals surface area contributed by atoms with Gasteiger partial charge in [0.1, 0.15) is 10.7 Å². The molecule has 1 heterocycles. The van der Waals surface area contributed by atoms with Gasteiger partial charge in [0.15, 0.2) is 0 Å². The zero-order chi connectivity index (χ0) is 14.5. The van der Waals surface area contributed by atoms with E-state index in [1.54, 1.807) is 14.0 Å². The molecule has 106 valence electrons. The van der Waals surface area contributed by atoms with Crippen LogP contribution in [-0.4, -0.2) is 39.4 Å². The van der Waals surface area contributed by atoms with Crippen LogP contribution in [0.15, 0.2) is 21.6 Å². The van der Waals surface area contributed by atoms with Gasteiger partial charge in [0.25, 0.3) is 0 Å². The number of rotatable bonds is 6. The SMILES string of the molecule is CCNC(=O)CNS(=O)(=O)c1cc(Br)cnc1NC. The number of carbonyl (C=O) groups is 1. The quantitative estimate of drug-likeness (QED) is 0.685. The predicted molar refractivity (Wildman–Crippen MR) is 75.4 cm³/mol. The molecule has 0 aliphatic heterocycles. The second-order valence-electron chi connectivity index (χ2n) is 3.53. The lowest BCUT2D eigenvalue weighted by Gasteiger charge is -2.10. The average Bonchev–Trinajstić information content (AvgIpc) is 2.37. The molecule has 0 fully saturated rings. The fraction of sp³-hybridized carbons (Fsp3) is 0.400. The minimum Gasteiger partial charge on any atom is -0.372 e. The topological polar surface area (TPSA) is 100 Å². The van der Waals surface area contributed by atoms with Gasteiger partial charge in [-0.05, 0) is 28.9 Å². The van der Waals surface area contributed by atoms with Crippen molar-refractivity contribution in [3.63, 3.8) is 0 Å². The molecule has 19 heavy (non-hydrogen) atoms. The maximum absolute atomic E-state index is 12.1. The number of hydrogen-bond donors (Lipinski definition) is 3. The van der Waals surface area contributed by atoms with E-state index >= 15 is 0 Å². The Morgan fingerprint density at radius 3 is 2.74 bits per heavy atom. The van der Waals surface area contributed by atoms with Gasteiger partial charge >= 0.3 is 0 Å². The largest absolute Gasteiger partial charge is 0.372 e. The third kappa shape index (κ3) is 4.44. The van der Waals surface area contributed by atoms with Crippen molar-refractivity contribution >= 4 is 37.7 Å². The zero-order valence-electron chi connectivity index (χ0n) is 10.5. The van der Waals surface area contributed by atoms with Crippen LogP contribution < -0.4 is 15.4 Å². The molecule has 0 atom stereocenters. The van der Waals surface area contributed by atoms with Crippen LogP contribution in [0, 0.1) is 0 Å². The van der Waals surface area contributed by atoms with E-state index in [1.165, 1.54) is 12.3 Å². The van der Waals surface area contributed by atoms with E-state index in [9.17, 15) is 13.2 Å². The number of sulfonamides is 1. The Morgan fingerprint density at radius 1 is 1.47 bits per heavy atom. The van der Waals surface area contributed by atoms with Gasteiger partial charge in [-0.2, -0.15) is 0 Å². The highest BCUT2D eigenvalue weighted by Crippen LogP contribution is 2.22. The highest BCUT2D eigenvalue weighted by atomic mass is 79.9. The number of carbonyl (C=O) groups excluding carboxylic acids is 1. The number of amides is 1. The predicted octanol–water partition coefficient (Wildman–Crippen LogP) is 0.300. The maximum atomic E-state index is 12.1. The number of nitrogens with one attached hydrogen (secondary N) is 3. The Balaban J connectivity index is 2.94. The highest BCUT2D eigenvalue weighted by Gasteiger charge is 2.20. The van der Waals surface area contributed by atoms with Crippen molar-refractivity contribution in [2.75, 3.05) is 25.5 Å². The van der Waals surface area contributed by atoms with E-state index < -0.39 is 10.0 Å². The summed E-state index contributed by atoms with van der Waals surface area (Å²) in [7, 11) is -2.24. The molecule has 3 N–H and O–H groups in total. The molecule has 0 saturated carbocycles. The number of hydrogen-bond acceptors (Lipinski definition) is 5. The number of likely N-dealkylation sites (N-methyl/N-ethyl adjacent to an activating group) is 1. The monoisotopic (exact) mass is 350 g/mol. The van der Waals surface area contributed by atoms with E-state index in [4.69, 9.17) is 0 Å². The molecular formula is C10H15BrN4O3S. The summed E-state index contributed by atoms with van der Waals surface area (Å²) >= 11 is 3.16. The first-order valence-electron chi connectivity index (χ1n) is 5.50. The fourth-order valence-corrected chi connectivity index (χ4v) is 2.96. The molecule has 0 radical (unpaired) electrons. The smallest absolute Gasteiger partial charge is 0.244 e. The Morgan fingerprint density at radius 2 is 2.16 bits per heavy atom. The highest BCUT2D eigenvalue weighted by molar-refractivity contribution is 9.10. The van der Waals surface area contributed by atoms with Gasteiger partial charge in [0, 0.05) is 24.3 Å². The summed E-state index contributed by atoms with van der Waals surface area (Å²) in [5.74, 6) is -0.174. The number of aromatic nitrogens is 1. The third-order valence-corrected chi connectivity index (χ3v) is 3.99. The van der Waals surface area contributed by atoms with Crippen molar-refractivity contribution in [2.24, 2.45) is 0 Å². The van der Waals surface area contributed by atoms with Crippen LogP contribution in [0.5, 0.6) is 0 Å². The summed E-state index contributed by atoms with van der Waals surface area (Å²) in [4.78, 5) is 15.2. The lowest BCUT2D eigenvalue weighted by atomic mass is 10.4. The van der Waals surface area contributed by atoms with E-state index in [-0.39, 0.29) is 23.2 Å². The van der Waals surface area contributed by atoms with Gasteiger partial charge in [-0.15, -0.1) is 0 Å². The van der Waals surface area contributed by atoms with E-state index in [0.717, 1.165) is 0 Å². The number of halogens is 1. The van der Waals surface area contributed by atoms with Crippen molar-refractivity contribution in [3.05, 3.63) is 16.7 Å². The summed E-state index contributed by atoms with van der Waals surface area (Å²) in [6.45, 7) is 1.89. The molecule has 0 saturated heterocycles. The average molecular weight is 351 g/mol. The van der Waals surface area contributed by atoms with Gasteiger partial charge < -0.3 is 10.6 Å². The molecule has 1 amide bonds. The third-order valence-electron chi connectivity index (χ3n) is 2.14. The molecule has 0 unspecified atom stereocenters. The lowest BCUT2D eigenvalue weighted by molar-refractivity contribution is -0.119. The van der Waals surface area contributed by atoms with Crippen molar-refractivity contribution in [1.82, 2.24) is 15.0 Å². The molecule has 0 aliphatic carbocycles. The van der Waals surface area contributed by atoms with Crippen LogP contribution in [0.25, 0.3) is 0 Å². The molecule has 1 aromatic heterocycles. The van der Waals surface area contributed by atoms with Gasteiger partial charge in [-0.3, -0.25) is 4.79 Å². The molecule has 0 aliphatic rings. The van der Waals surface area contributed by atoms with Crippen LogP contribution >= 0.6 is 15.9 Å². The summed E-state index contributed by atoms with van der Waals surface area (Å²) in [6, 6.07) is 1.42. The number of anilines is 1. The Bertz CT molecular complexity index is 562. The van der Waals surface area contributed by atoms with Crippen LogP contribution in [0.3, 0.4) is 0 Å². The molecule has 9 heteroatoms. The van der Waals surface area contributed by atoms with Crippen molar-refractivity contribution in [1.29, 1.82) is 0 Å². The normalized spacial score (nSPS) is 11.1. The molecular weight excluding hydrogens is 336 g/mol. The van der Waals surface area contributed by atoms with Crippen molar-refractivity contribution in [3.8, 4) is 0 Å². The molecule has 1 aromatic rings.